The lowest BCUT2D eigenvalue weighted by atomic mass is 10.0. The molecule has 0 spiro atoms. The number of nitrogens with two attached hydrogens (primary N) is 2. The summed E-state index contributed by atoms with van der Waals surface area (Å²) in [6.07, 6.45) is -0.612. The van der Waals surface area contributed by atoms with Crippen molar-refractivity contribution in [1.29, 1.82) is 0 Å². The first-order chi connectivity index (χ1) is 8.25. The molecule has 5 N–H and O–H groups in total. The van der Waals surface area contributed by atoms with Crippen molar-refractivity contribution in [3.8, 4) is 0 Å². The summed E-state index contributed by atoms with van der Waals surface area (Å²) in [6, 6.07) is -0.934. The number of primary amides is 1. The van der Waals surface area contributed by atoms with E-state index < -0.39 is 23.7 Å². The number of hydrogen-bond donors (Lipinski definition) is 3. The smallest absolute Gasteiger partial charge is 0.240 e. The summed E-state index contributed by atoms with van der Waals surface area (Å²) in [5, 5.41) is 9.14. The fourth-order valence-corrected chi connectivity index (χ4v) is 2.10. The molecule has 0 aliphatic carbocycles. The van der Waals surface area contributed by atoms with Crippen LogP contribution >= 0.6 is 0 Å². The summed E-state index contributed by atoms with van der Waals surface area (Å²) in [4.78, 5) is 24.3. The Morgan fingerprint density at radius 2 is 2.17 bits per heavy atom. The van der Waals surface area contributed by atoms with E-state index in [1.807, 2.05) is 13.8 Å². The van der Waals surface area contributed by atoms with Gasteiger partial charge in [-0.25, -0.2) is 0 Å². The van der Waals surface area contributed by atoms with Crippen LogP contribution in [0.1, 0.15) is 20.3 Å². The van der Waals surface area contributed by atoms with Crippen molar-refractivity contribution >= 4 is 11.8 Å². The summed E-state index contributed by atoms with van der Waals surface area (Å²) in [5.74, 6) is -0.953. The van der Waals surface area contributed by atoms with Crippen molar-refractivity contribution in [2.45, 2.75) is 38.0 Å². The highest BCUT2D eigenvalue weighted by molar-refractivity contribution is 5.87. The molecule has 0 bridgehead atoms. The van der Waals surface area contributed by atoms with Crippen LogP contribution in [0, 0.1) is 0 Å². The van der Waals surface area contributed by atoms with Crippen molar-refractivity contribution in [2.75, 3.05) is 19.7 Å². The van der Waals surface area contributed by atoms with Gasteiger partial charge in [0.2, 0.25) is 11.8 Å². The summed E-state index contributed by atoms with van der Waals surface area (Å²) < 4.78 is 5.59. The van der Waals surface area contributed by atoms with Gasteiger partial charge in [0.25, 0.3) is 0 Å². The molecule has 1 fully saturated rings. The Morgan fingerprint density at radius 1 is 1.56 bits per heavy atom. The zero-order valence-electron chi connectivity index (χ0n) is 10.8. The number of amides is 2. The number of aliphatic hydroxyl groups excluding tert-OH is 1. The summed E-state index contributed by atoms with van der Waals surface area (Å²) in [6.45, 7) is 4.13. The summed E-state index contributed by atoms with van der Waals surface area (Å²) in [7, 11) is 0. The van der Waals surface area contributed by atoms with Crippen LogP contribution in [0.2, 0.25) is 0 Å². The summed E-state index contributed by atoms with van der Waals surface area (Å²) >= 11 is 0. The number of carbonyl (C=O) groups excluding carboxylic acids is 2. The SMILES string of the molecule is CC1(C)CN(C(=O)C(N)CC(N)=O)CC(CO)O1. The van der Waals surface area contributed by atoms with Gasteiger partial charge >= 0.3 is 0 Å². The standard InChI is InChI=1S/C11H21N3O4/c1-11(2)6-14(4-7(5-15)18-11)10(17)8(12)3-9(13)16/h7-8,15H,3-6,12H2,1-2H3,(H2,13,16). The second-order valence-electron chi connectivity index (χ2n) is 5.18. The number of nitrogens with zero attached hydrogens (tertiary/aromatic N) is 1. The summed E-state index contributed by atoms with van der Waals surface area (Å²) in [5.41, 5.74) is 10.1. The number of aliphatic hydroxyl groups is 1. The van der Waals surface area contributed by atoms with Crippen LogP contribution in [0.3, 0.4) is 0 Å². The molecule has 1 aliphatic heterocycles. The quantitative estimate of drug-likeness (QED) is 0.549. The Morgan fingerprint density at radius 3 is 2.67 bits per heavy atom. The van der Waals surface area contributed by atoms with Gasteiger partial charge in [-0.05, 0) is 13.8 Å². The van der Waals surface area contributed by atoms with E-state index in [1.165, 1.54) is 4.90 Å². The lowest BCUT2D eigenvalue weighted by Gasteiger charge is -2.42. The predicted molar refractivity (Wildman–Crippen MR) is 64.4 cm³/mol. The topological polar surface area (TPSA) is 119 Å². The second-order valence-corrected chi connectivity index (χ2v) is 5.18. The Hall–Kier alpha value is -1.18. The van der Waals surface area contributed by atoms with Crippen LogP contribution in [-0.2, 0) is 14.3 Å². The molecule has 7 nitrogen and oxygen atoms in total. The average molecular weight is 259 g/mol. The highest BCUT2D eigenvalue weighted by Gasteiger charge is 2.36. The maximum atomic E-state index is 12.0. The Kier molecular flexibility index (Phi) is 4.66. The Bertz CT molecular complexity index is 332. The molecule has 2 atom stereocenters. The average Bonchev–Trinajstić information content (AvgIpc) is 2.24. The van der Waals surface area contributed by atoms with Crippen molar-refractivity contribution in [1.82, 2.24) is 4.90 Å². The predicted octanol–water partition coefficient (Wildman–Crippen LogP) is -1.81. The van der Waals surface area contributed by atoms with Crippen molar-refractivity contribution in [3.05, 3.63) is 0 Å². The monoisotopic (exact) mass is 259 g/mol. The van der Waals surface area contributed by atoms with Crippen LogP contribution in [0.4, 0.5) is 0 Å². The molecule has 0 aromatic heterocycles. The van der Waals surface area contributed by atoms with Gasteiger partial charge in [0, 0.05) is 13.1 Å². The van der Waals surface area contributed by atoms with E-state index in [-0.39, 0.29) is 25.5 Å². The first kappa shape index (κ1) is 14.9. The van der Waals surface area contributed by atoms with E-state index in [1.54, 1.807) is 0 Å². The number of ether oxygens (including phenoxy) is 1. The molecule has 0 radical (unpaired) electrons. The van der Waals surface area contributed by atoms with Crippen LogP contribution in [0.5, 0.6) is 0 Å². The van der Waals surface area contributed by atoms with E-state index in [0.29, 0.717) is 6.54 Å². The van der Waals surface area contributed by atoms with Gasteiger partial charge in [0.15, 0.2) is 0 Å². The molecule has 0 saturated carbocycles. The van der Waals surface area contributed by atoms with Gasteiger partial charge in [-0.15, -0.1) is 0 Å². The third-order valence-electron chi connectivity index (χ3n) is 2.73. The van der Waals surface area contributed by atoms with Crippen LogP contribution < -0.4 is 11.5 Å². The first-order valence-corrected chi connectivity index (χ1v) is 5.86. The highest BCUT2D eigenvalue weighted by atomic mass is 16.5. The van der Waals surface area contributed by atoms with Gasteiger partial charge < -0.3 is 26.2 Å². The van der Waals surface area contributed by atoms with Crippen molar-refractivity contribution in [3.63, 3.8) is 0 Å². The van der Waals surface area contributed by atoms with E-state index in [4.69, 9.17) is 21.3 Å². The zero-order valence-corrected chi connectivity index (χ0v) is 10.8. The van der Waals surface area contributed by atoms with E-state index in [9.17, 15) is 9.59 Å². The van der Waals surface area contributed by atoms with Crippen molar-refractivity contribution < 1.29 is 19.4 Å². The molecule has 2 amide bonds. The molecule has 2 unspecified atom stereocenters. The highest BCUT2D eigenvalue weighted by Crippen LogP contribution is 2.21. The van der Waals surface area contributed by atoms with Gasteiger partial charge in [-0.1, -0.05) is 0 Å². The van der Waals surface area contributed by atoms with Gasteiger partial charge in [-0.2, -0.15) is 0 Å². The molecule has 1 rings (SSSR count). The largest absolute Gasteiger partial charge is 0.394 e. The van der Waals surface area contributed by atoms with E-state index >= 15 is 0 Å². The number of rotatable bonds is 4. The number of hydrogen-bond acceptors (Lipinski definition) is 5. The lowest BCUT2D eigenvalue weighted by Crippen LogP contribution is -2.58. The fraction of sp³-hybridized carbons (Fsp3) is 0.818. The number of carbonyl (C=O) groups is 2. The third-order valence-corrected chi connectivity index (χ3v) is 2.73. The minimum Gasteiger partial charge on any atom is -0.394 e. The molecule has 1 saturated heterocycles. The first-order valence-electron chi connectivity index (χ1n) is 5.86. The Labute approximate surface area is 106 Å². The molecule has 1 aliphatic rings. The maximum Gasteiger partial charge on any atom is 0.240 e. The van der Waals surface area contributed by atoms with Gasteiger partial charge in [-0.3, -0.25) is 9.59 Å². The minimum atomic E-state index is -0.934. The molecule has 7 heteroatoms. The fourth-order valence-electron chi connectivity index (χ4n) is 2.10. The molecule has 0 aromatic rings. The number of morpholine rings is 1. The van der Waals surface area contributed by atoms with Crippen LogP contribution in [0.15, 0.2) is 0 Å². The Balaban J connectivity index is 2.69. The molecule has 1 heterocycles. The minimum absolute atomic E-state index is 0.168. The van der Waals surface area contributed by atoms with Crippen LogP contribution in [-0.4, -0.2) is 59.3 Å². The van der Waals surface area contributed by atoms with Gasteiger partial charge in [0.05, 0.1) is 30.8 Å². The molecule has 0 aromatic carbocycles. The normalized spacial score (nSPS) is 24.7. The molecule has 104 valence electrons. The maximum absolute atomic E-state index is 12.0. The molecule has 18 heavy (non-hydrogen) atoms. The zero-order chi connectivity index (χ0) is 13.9. The van der Waals surface area contributed by atoms with E-state index in [0.717, 1.165) is 0 Å². The van der Waals surface area contributed by atoms with Gasteiger partial charge in [0.1, 0.15) is 0 Å². The molecular formula is C11H21N3O4. The van der Waals surface area contributed by atoms with E-state index in [2.05, 4.69) is 0 Å². The van der Waals surface area contributed by atoms with Crippen molar-refractivity contribution in [2.24, 2.45) is 11.5 Å². The van der Waals surface area contributed by atoms with Crippen LogP contribution in [0.25, 0.3) is 0 Å². The lowest BCUT2D eigenvalue weighted by molar-refractivity contribution is -0.168. The molecular weight excluding hydrogens is 238 g/mol. The second kappa shape index (κ2) is 5.64. The third kappa shape index (κ3) is 3.94.